The molecule has 2 aromatic heterocycles. The van der Waals surface area contributed by atoms with E-state index >= 15 is 0 Å². The van der Waals surface area contributed by atoms with E-state index in [1.165, 1.54) is 0 Å². The van der Waals surface area contributed by atoms with Crippen LogP contribution in [0.5, 0.6) is 0 Å². The van der Waals surface area contributed by atoms with Crippen molar-refractivity contribution in [3.05, 3.63) is 104 Å². The van der Waals surface area contributed by atoms with Crippen LogP contribution in [0.25, 0.3) is 0 Å². The third-order valence-corrected chi connectivity index (χ3v) is 6.82. The summed E-state index contributed by atoms with van der Waals surface area (Å²) in [6.07, 6.45) is 0. The van der Waals surface area contributed by atoms with Crippen LogP contribution in [0.1, 0.15) is 22.8 Å². The van der Waals surface area contributed by atoms with Gasteiger partial charge in [0, 0.05) is 40.0 Å². The van der Waals surface area contributed by atoms with Gasteiger partial charge in [0.2, 0.25) is 23.3 Å². The number of anilines is 2. The number of hydrogen-bond acceptors (Lipinski definition) is 8. The molecule has 2 aromatic carbocycles. The van der Waals surface area contributed by atoms with Gasteiger partial charge in [-0.25, -0.2) is 0 Å². The van der Waals surface area contributed by atoms with Gasteiger partial charge in [-0.1, -0.05) is 60.7 Å². The zero-order valence-corrected chi connectivity index (χ0v) is 21.2. The van der Waals surface area contributed by atoms with Crippen molar-refractivity contribution in [2.45, 2.75) is 26.9 Å². The lowest BCUT2D eigenvalue weighted by Gasteiger charge is -2.36. The Morgan fingerprint density at radius 1 is 0.658 bits per heavy atom. The van der Waals surface area contributed by atoms with Gasteiger partial charge in [-0.15, -0.1) is 0 Å². The lowest BCUT2D eigenvalue weighted by molar-refractivity contribution is -0.388. The van der Waals surface area contributed by atoms with Gasteiger partial charge >= 0.3 is 11.6 Å². The van der Waals surface area contributed by atoms with Crippen molar-refractivity contribution < 1.29 is 9.85 Å². The third kappa shape index (κ3) is 4.80. The molecule has 0 bridgehead atoms. The molecule has 0 amide bonds. The Morgan fingerprint density at radius 2 is 1.00 bits per heavy atom. The van der Waals surface area contributed by atoms with E-state index in [-0.39, 0.29) is 11.6 Å². The first-order chi connectivity index (χ1) is 18.3. The molecule has 0 N–H and O–H groups in total. The standard InChI is InChI=1S/C26H28N8O4/c1-19-27-23(33(35)36)25(31(19)17-21-9-5-3-6-10-21)29-13-15-30(16-14-29)26-24(34(37)38)28-20(2)32(26)18-22-11-7-4-8-12-22/h3-12H,13-18H2,1-2H3. The second-order valence-corrected chi connectivity index (χ2v) is 9.24. The maximum atomic E-state index is 11.9. The fraction of sp³-hybridized carbons (Fsp3) is 0.308. The summed E-state index contributed by atoms with van der Waals surface area (Å²) in [5, 5.41) is 23.8. The molecule has 1 fully saturated rings. The van der Waals surface area contributed by atoms with Crippen molar-refractivity contribution in [3.8, 4) is 0 Å². The van der Waals surface area contributed by atoms with Gasteiger partial charge in [-0.05, 0) is 30.9 Å². The second kappa shape index (κ2) is 10.3. The Labute approximate surface area is 219 Å². The van der Waals surface area contributed by atoms with E-state index in [1.54, 1.807) is 13.8 Å². The largest absolute Gasteiger partial charge is 0.406 e. The van der Waals surface area contributed by atoms with E-state index < -0.39 is 9.85 Å². The summed E-state index contributed by atoms with van der Waals surface area (Å²) in [5.41, 5.74) is 2.03. The smallest absolute Gasteiger partial charge is 0.358 e. The average molecular weight is 517 g/mol. The minimum atomic E-state index is -0.445. The van der Waals surface area contributed by atoms with Crippen LogP contribution in [0, 0.1) is 34.1 Å². The van der Waals surface area contributed by atoms with Crippen LogP contribution in [0.3, 0.4) is 0 Å². The highest BCUT2D eigenvalue weighted by Gasteiger charge is 2.35. The predicted octanol–water partition coefficient (Wildman–Crippen LogP) is 3.94. The van der Waals surface area contributed by atoms with Gasteiger partial charge in [0.1, 0.15) is 0 Å². The Morgan fingerprint density at radius 3 is 1.32 bits per heavy atom. The number of imidazole rings is 2. The van der Waals surface area contributed by atoms with E-state index in [9.17, 15) is 20.2 Å². The van der Waals surface area contributed by atoms with Gasteiger partial charge < -0.3 is 30.0 Å². The Hall–Kier alpha value is -4.74. The first-order valence-electron chi connectivity index (χ1n) is 12.3. The molecule has 5 rings (SSSR count). The van der Waals surface area contributed by atoms with Crippen LogP contribution in [0.15, 0.2) is 60.7 Å². The van der Waals surface area contributed by atoms with Crippen LogP contribution >= 0.6 is 0 Å². The summed E-state index contributed by atoms with van der Waals surface area (Å²) < 4.78 is 3.74. The van der Waals surface area contributed by atoms with Crippen molar-refractivity contribution in [1.82, 2.24) is 19.1 Å². The van der Waals surface area contributed by atoms with Crippen LogP contribution in [0.4, 0.5) is 23.3 Å². The maximum Gasteiger partial charge on any atom is 0.406 e. The molecule has 0 aliphatic carbocycles. The molecule has 3 heterocycles. The monoisotopic (exact) mass is 516 g/mol. The summed E-state index contributed by atoms with van der Waals surface area (Å²) in [6.45, 7) is 6.20. The molecule has 1 aliphatic heterocycles. The molecular formula is C26H28N8O4. The number of aryl methyl sites for hydroxylation is 2. The van der Waals surface area contributed by atoms with Crippen LogP contribution in [0.2, 0.25) is 0 Å². The van der Waals surface area contributed by atoms with Crippen molar-refractivity contribution in [3.63, 3.8) is 0 Å². The fourth-order valence-electron chi connectivity index (χ4n) is 4.99. The molecule has 0 radical (unpaired) electrons. The summed E-state index contributed by atoms with van der Waals surface area (Å²) in [5.74, 6) is 1.68. The molecule has 4 aromatic rings. The molecule has 0 unspecified atom stereocenters. The molecule has 0 saturated carbocycles. The number of hydrogen-bond donors (Lipinski definition) is 0. The quantitative estimate of drug-likeness (QED) is 0.254. The van der Waals surface area contributed by atoms with E-state index in [2.05, 4.69) is 9.97 Å². The average Bonchev–Trinajstić information content (AvgIpc) is 3.42. The van der Waals surface area contributed by atoms with Crippen LogP contribution in [-0.4, -0.2) is 55.1 Å². The van der Waals surface area contributed by atoms with Crippen molar-refractivity contribution in [2.24, 2.45) is 0 Å². The van der Waals surface area contributed by atoms with Gasteiger partial charge in [-0.2, -0.15) is 0 Å². The summed E-state index contributed by atoms with van der Waals surface area (Å²) in [4.78, 5) is 35.4. The fourth-order valence-corrected chi connectivity index (χ4v) is 4.99. The number of aromatic nitrogens is 4. The number of rotatable bonds is 8. The maximum absolute atomic E-state index is 11.9. The summed E-state index contributed by atoms with van der Waals surface area (Å²) >= 11 is 0. The van der Waals surface area contributed by atoms with E-state index in [4.69, 9.17) is 0 Å². The number of nitrogens with zero attached hydrogens (tertiary/aromatic N) is 8. The molecule has 0 spiro atoms. The summed E-state index contributed by atoms with van der Waals surface area (Å²) in [7, 11) is 0. The third-order valence-electron chi connectivity index (χ3n) is 6.82. The molecule has 12 heteroatoms. The molecule has 0 atom stereocenters. The Balaban J connectivity index is 1.44. The highest BCUT2D eigenvalue weighted by molar-refractivity contribution is 5.61. The van der Waals surface area contributed by atoms with Crippen molar-refractivity contribution in [1.29, 1.82) is 0 Å². The van der Waals surface area contributed by atoms with Gasteiger partial charge in [0.05, 0.1) is 13.1 Å². The Kier molecular flexibility index (Phi) is 6.77. The van der Waals surface area contributed by atoms with Crippen LogP contribution in [-0.2, 0) is 13.1 Å². The van der Waals surface area contributed by atoms with E-state index in [0.29, 0.717) is 62.6 Å². The minimum absolute atomic E-state index is 0.178. The highest BCUT2D eigenvalue weighted by atomic mass is 16.6. The van der Waals surface area contributed by atoms with Gasteiger partial charge in [0.25, 0.3) is 0 Å². The molecule has 38 heavy (non-hydrogen) atoms. The van der Waals surface area contributed by atoms with Crippen molar-refractivity contribution >= 4 is 23.3 Å². The SMILES string of the molecule is Cc1nc([N+](=O)[O-])c(N2CCN(c3c([N+](=O)[O-])nc(C)n3Cc3ccccc3)CC2)n1Cc1ccccc1. The Bertz CT molecular complexity index is 1350. The molecule has 1 saturated heterocycles. The molecule has 1 aliphatic rings. The van der Waals surface area contributed by atoms with Crippen LogP contribution < -0.4 is 9.80 Å². The zero-order valence-electron chi connectivity index (χ0n) is 21.2. The molecular weight excluding hydrogens is 488 g/mol. The second-order valence-electron chi connectivity index (χ2n) is 9.24. The zero-order chi connectivity index (χ0) is 26.8. The van der Waals surface area contributed by atoms with Gasteiger partial charge in [0.15, 0.2) is 0 Å². The summed E-state index contributed by atoms with van der Waals surface area (Å²) in [6, 6.07) is 19.5. The highest BCUT2D eigenvalue weighted by Crippen LogP contribution is 2.34. The van der Waals surface area contributed by atoms with E-state index in [0.717, 1.165) is 11.1 Å². The predicted molar refractivity (Wildman–Crippen MR) is 143 cm³/mol. The lowest BCUT2D eigenvalue weighted by atomic mass is 10.2. The minimum Gasteiger partial charge on any atom is -0.358 e. The van der Waals surface area contributed by atoms with Gasteiger partial charge in [-0.3, -0.25) is 9.13 Å². The van der Waals surface area contributed by atoms with E-state index in [1.807, 2.05) is 79.6 Å². The number of benzene rings is 2. The number of piperazine rings is 1. The van der Waals surface area contributed by atoms with Crippen molar-refractivity contribution in [2.75, 3.05) is 36.0 Å². The first kappa shape index (κ1) is 24.9. The molecule has 196 valence electrons. The lowest BCUT2D eigenvalue weighted by Crippen LogP contribution is -2.48. The number of nitro groups is 2. The first-order valence-corrected chi connectivity index (χ1v) is 12.3. The molecule has 12 nitrogen and oxygen atoms in total. The topological polar surface area (TPSA) is 128 Å². The normalized spacial score (nSPS) is 13.6.